The van der Waals surface area contributed by atoms with Gasteiger partial charge in [0.1, 0.15) is 0 Å². The number of nitrogens with zero attached hydrogens (tertiary/aromatic N) is 1. The van der Waals surface area contributed by atoms with Crippen LogP contribution < -0.4 is 4.90 Å². The lowest BCUT2D eigenvalue weighted by Gasteiger charge is -2.42. The Bertz CT molecular complexity index is 1670. The normalized spacial score (nSPS) is 14.2. The number of para-hydroxylation sites is 3. The summed E-state index contributed by atoms with van der Waals surface area (Å²) in [6.07, 6.45) is 0. The van der Waals surface area contributed by atoms with Gasteiger partial charge >= 0.3 is 0 Å². The van der Waals surface area contributed by atoms with Gasteiger partial charge in [0, 0.05) is 32.9 Å². The lowest BCUT2D eigenvalue weighted by atomic mass is 9.73. The number of H-pyrrole nitrogens is 1. The minimum Gasteiger partial charge on any atom is -0.355 e. The van der Waals surface area contributed by atoms with E-state index in [2.05, 4.69) is 139 Å². The molecule has 0 atom stereocenters. The van der Waals surface area contributed by atoms with E-state index in [1.807, 2.05) is 0 Å². The molecule has 0 saturated carbocycles. The summed E-state index contributed by atoms with van der Waals surface area (Å²) in [5.41, 5.74) is 11.2. The van der Waals surface area contributed by atoms with Crippen LogP contribution in [0.5, 0.6) is 0 Å². The number of fused-ring (bicyclic) bond motifs is 5. The zero-order valence-corrected chi connectivity index (χ0v) is 19.9. The summed E-state index contributed by atoms with van der Waals surface area (Å²) in [6.45, 7) is 4.65. The number of hydrogen-bond donors (Lipinski definition) is 1. The van der Waals surface area contributed by atoms with Crippen LogP contribution in [-0.4, -0.2) is 4.98 Å². The van der Waals surface area contributed by atoms with E-state index in [1.165, 1.54) is 61.1 Å². The van der Waals surface area contributed by atoms with E-state index in [4.69, 9.17) is 0 Å². The molecular formula is C33H26N2. The van der Waals surface area contributed by atoms with Gasteiger partial charge in [0.2, 0.25) is 0 Å². The molecule has 0 bridgehead atoms. The molecule has 5 aromatic carbocycles. The summed E-state index contributed by atoms with van der Waals surface area (Å²) in [5.74, 6) is 0. The number of rotatable bonds is 2. The quantitative estimate of drug-likeness (QED) is 0.279. The number of benzene rings is 5. The van der Waals surface area contributed by atoms with E-state index < -0.39 is 0 Å². The van der Waals surface area contributed by atoms with Gasteiger partial charge in [-0.3, -0.25) is 0 Å². The number of aromatic amines is 1. The second-order valence-electron chi connectivity index (χ2n) is 9.97. The summed E-state index contributed by atoms with van der Waals surface area (Å²) in [5, 5.41) is 2.54. The van der Waals surface area contributed by atoms with Crippen molar-refractivity contribution in [1.82, 2.24) is 4.98 Å². The fourth-order valence-electron chi connectivity index (χ4n) is 5.78. The molecule has 0 saturated heterocycles. The maximum atomic E-state index is 3.53. The second-order valence-corrected chi connectivity index (χ2v) is 9.97. The molecule has 0 fully saturated rings. The molecule has 1 aliphatic heterocycles. The van der Waals surface area contributed by atoms with Gasteiger partial charge in [0.15, 0.2) is 0 Å². The Balaban J connectivity index is 1.34. The van der Waals surface area contributed by atoms with Crippen LogP contribution in [-0.2, 0) is 5.41 Å². The summed E-state index contributed by atoms with van der Waals surface area (Å²) in [7, 11) is 0. The summed E-state index contributed by atoms with van der Waals surface area (Å²) < 4.78 is 0. The molecule has 0 radical (unpaired) electrons. The number of nitrogens with one attached hydrogen (secondary N) is 1. The molecule has 2 heteroatoms. The van der Waals surface area contributed by atoms with Gasteiger partial charge in [0.05, 0.1) is 11.4 Å². The smallest absolute Gasteiger partial charge is 0.0502 e. The minimum absolute atomic E-state index is 0.0433. The summed E-state index contributed by atoms with van der Waals surface area (Å²) in [6, 6.07) is 41.8. The molecule has 168 valence electrons. The first-order chi connectivity index (χ1) is 17.1. The van der Waals surface area contributed by atoms with Gasteiger partial charge in [0.25, 0.3) is 0 Å². The van der Waals surface area contributed by atoms with Gasteiger partial charge in [-0.25, -0.2) is 0 Å². The van der Waals surface area contributed by atoms with Crippen LogP contribution in [0.4, 0.5) is 17.1 Å². The maximum Gasteiger partial charge on any atom is 0.0502 e. The Hall–Kier alpha value is -4.30. The number of aromatic nitrogens is 1. The third kappa shape index (κ3) is 2.96. The molecule has 2 nitrogen and oxygen atoms in total. The van der Waals surface area contributed by atoms with Crippen LogP contribution >= 0.6 is 0 Å². The molecule has 0 amide bonds. The van der Waals surface area contributed by atoms with Crippen molar-refractivity contribution >= 4 is 38.9 Å². The van der Waals surface area contributed by atoms with Gasteiger partial charge in [-0.1, -0.05) is 86.6 Å². The van der Waals surface area contributed by atoms with Crippen molar-refractivity contribution in [3.8, 4) is 11.1 Å². The van der Waals surface area contributed by atoms with Crippen molar-refractivity contribution in [3.05, 3.63) is 126 Å². The molecule has 6 aromatic rings. The van der Waals surface area contributed by atoms with Crippen LogP contribution in [0.1, 0.15) is 25.0 Å². The van der Waals surface area contributed by atoms with E-state index >= 15 is 0 Å². The first-order valence-corrected chi connectivity index (χ1v) is 12.2. The van der Waals surface area contributed by atoms with E-state index in [1.54, 1.807) is 0 Å². The van der Waals surface area contributed by atoms with Gasteiger partial charge < -0.3 is 9.88 Å². The average molecular weight is 451 g/mol. The van der Waals surface area contributed by atoms with E-state index in [0.717, 1.165) is 0 Å². The number of anilines is 3. The predicted octanol–water partition coefficient (Wildman–Crippen LogP) is 9.10. The predicted molar refractivity (Wildman–Crippen MR) is 148 cm³/mol. The van der Waals surface area contributed by atoms with Crippen molar-refractivity contribution in [2.45, 2.75) is 19.3 Å². The van der Waals surface area contributed by atoms with Crippen molar-refractivity contribution in [2.24, 2.45) is 0 Å². The fourth-order valence-corrected chi connectivity index (χ4v) is 5.78. The van der Waals surface area contributed by atoms with Gasteiger partial charge in [-0.2, -0.15) is 0 Å². The SMILES string of the molecule is CC1(C)c2ccccc2N(c2ccc(-c3ccc4[nH]c5ccccc5c4c3)cc2)c2ccccc21. The van der Waals surface area contributed by atoms with Crippen LogP contribution in [0, 0.1) is 0 Å². The van der Waals surface area contributed by atoms with Crippen molar-refractivity contribution in [1.29, 1.82) is 0 Å². The molecule has 2 heterocycles. The maximum absolute atomic E-state index is 3.53. The topological polar surface area (TPSA) is 19.0 Å². The molecule has 1 aromatic heterocycles. The van der Waals surface area contributed by atoms with Gasteiger partial charge in [-0.05, 0) is 64.7 Å². The summed E-state index contributed by atoms with van der Waals surface area (Å²) in [4.78, 5) is 5.93. The molecule has 0 unspecified atom stereocenters. The van der Waals surface area contributed by atoms with Crippen LogP contribution in [0.15, 0.2) is 115 Å². The Morgan fingerprint density at radius 3 is 1.83 bits per heavy atom. The first-order valence-electron chi connectivity index (χ1n) is 12.2. The fraction of sp³-hybridized carbons (Fsp3) is 0.0909. The Morgan fingerprint density at radius 1 is 0.543 bits per heavy atom. The largest absolute Gasteiger partial charge is 0.355 e. The van der Waals surface area contributed by atoms with E-state index in [9.17, 15) is 0 Å². The lowest BCUT2D eigenvalue weighted by Crippen LogP contribution is -2.30. The van der Waals surface area contributed by atoms with Crippen molar-refractivity contribution in [3.63, 3.8) is 0 Å². The number of hydrogen-bond acceptors (Lipinski definition) is 1. The minimum atomic E-state index is -0.0433. The first kappa shape index (κ1) is 20.1. The molecule has 35 heavy (non-hydrogen) atoms. The molecule has 1 aliphatic rings. The Kier molecular flexibility index (Phi) is 4.22. The highest BCUT2D eigenvalue weighted by atomic mass is 15.2. The standard InChI is InChI=1S/C33H26N2/c1-33(2)27-10-4-7-13-31(27)35(32-14-8-5-11-28(32)33)24-18-15-22(16-19-24)23-17-20-30-26(21-23)25-9-3-6-12-29(25)34-30/h3-21,34H,1-2H3. The molecule has 1 N–H and O–H groups in total. The Labute approximate surface area is 205 Å². The average Bonchev–Trinajstić information content (AvgIpc) is 3.27. The van der Waals surface area contributed by atoms with E-state index in [0.29, 0.717) is 0 Å². The molecule has 0 aliphatic carbocycles. The Morgan fingerprint density at radius 2 is 1.11 bits per heavy atom. The van der Waals surface area contributed by atoms with Crippen LogP contribution in [0.2, 0.25) is 0 Å². The highest BCUT2D eigenvalue weighted by Crippen LogP contribution is 2.51. The third-order valence-electron chi connectivity index (χ3n) is 7.60. The van der Waals surface area contributed by atoms with E-state index in [-0.39, 0.29) is 5.41 Å². The van der Waals surface area contributed by atoms with Crippen molar-refractivity contribution < 1.29 is 0 Å². The molecule has 0 spiro atoms. The summed E-state index contributed by atoms with van der Waals surface area (Å²) >= 11 is 0. The van der Waals surface area contributed by atoms with Crippen molar-refractivity contribution in [2.75, 3.05) is 4.90 Å². The highest BCUT2D eigenvalue weighted by Gasteiger charge is 2.36. The van der Waals surface area contributed by atoms with Gasteiger partial charge in [-0.15, -0.1) is 0 Å². The third-order valence-corrected chi connectivity index (χ3v) is 7.60. The molecule has 7 rings (SSSR count). The lowest BCUT2D eigenvalue weighted by molar-refractivity contribution is 0.632. The second kappa shape index (κ2) is 7.35. The monoisotopic (exact) mass is 450 g/mol. The zero-order chi connectivity index (χ0) is 23.6. The highest BCUT2D eigenvalue weighted by molar-refractivity contribution is 6.08. The zero-order valence-electron chi connectivity index (χ0n) is 19.9. The molecular weight excluding hydrogens is 424 g/mol. The van der Waals surface area contributed by atoms with Crippen LogP contribution in [0.3, 0.4) is 0 Å². The van der Waals surface area contributed by atoms with Crippen LogP contribution in [0.25, 0.3) is 32.9 Å².